The summed E-state index contributed by atoms with van der Waals surface area (Å²) in [6.07, 6.45) is 30.6. The zero-order valence-electron chi connectivity index (χ0n) is 27.1. The smallest absolute Gasteiger partial charge is 0.0324 e. The SMILES string of the molecule is CC1CCC(C2CC(C)C(C)C(C)C2)C1.CCCCC1C(C)CC2CCCC2C1C1CCCCCCCC1. The molecule has 5 saturated carbocycles. The van der Waals surface area contributed by atoms with Gasteiger partial charge in [-0.05, 0) is 116 Å². The monoisotopic (exact) mass is 527 g/mol. The summed E-state index contributed by atoms with van der Waals surface area (Å²) in [5.41, 5.74) is 0. The molecule has 38 heavy (non-hydrogen) atoms. The van der Waals surface area contributed by atoms with Gasteiger partial charge in [-0.1, -0.05) is 125 Å². The first-order chi connectivity index (χ1) is 18.4. The number of rotatable bonds is 5. The molecule has 222 valence electrons. The van der Waals surface area contributed by atoms with Crippen LogP contribution in [-0.4, -0.2) is 0 Å². The Bertz CT molecular complexity index is 628. The largest absolute Gasteiger partial charge is 0.0654 e. The van der Waals surface area contributed by atoms with Gasteiger partial charge in [0.15, 0.2) is 0 Å². The molecule has 9 atom stereocenters. The van der Waals surface area contributed by atoms with Crippen LogP contribution in [-0.2, 0) is 0 Å². The van der Waals surface area contributed by atoms with Crippen molar-refractivity contribution in [2.24, 2.45) is 71.0 Å². The van der Waals surface area contributed by atoms with Crippen molar-refractivity contribution in [2.45, 2.75) is 170 Å². The van der Waals surface area contributed by atoms with Crippen LogP contribution in [0.5, 0.6) is 0 Å². The molecule has 0 saturated heterocycles. The van der Waals surface area contributed by atoms with Gasteiger partial charge in [-0.15, -0.1) is 0 Å². The van der Waals surface area contributed by atoms with E-state index in [1.807, 2.05) is 0 Å². The van der Waals surface area contributed by atoms with E-state index in [1.165, 1.54) is 83.5 Å². The Morgan fingerprint density at radius 2 is 1.11 bits per heavy atom. The molecule has 0 N–H and O–H groups in total. The molecule has 5 rings (SSSR count). The normalized spacial score (nSPS) is 44.8. The molecule has 0 spiro atoms. The fourth-order valence-corrected chi connectivity index (χ4v) is 11.0. The van der Waals surface area contributed by atoms with Gasteiger partial charge in [0.25, 0.3) is 0 Å². The molecule has 0 aromatic heterocycles. The number of unbranched alkanes of at least 4 members (excludes halogenated alkanes) is 1. The van der Waals surface area contributed by atoms with Gasteiger partial charge in [-0.3, -0.25) is 0 Å². The van der Waals surface area contributed by atoms with Crippen molar-refractivity contribution >= 4 is 0 Å². The van der Waals surface area contributed by atoms with E-state index in [4.69, 9.17) is 0 Å². The zero-order chi connectivity index (χ0) is 27.1. The summed E-state index contributed by atoms with van der Waals surface area (Å²) in [7, 11) is 0. The van der Waals surface area contributed by atoms with Gasteiger partial charge in [0, 0.05) is 0 Å². The van der Waals surface area contributed by atoms with Crippen LogP contribution in [0.1, 0.15) is 170 Å². The van der Waals surface area contributed by atoms with E-state index in [-0.39, 0.29) is 0 Å². The Hall–Kier alpha value is 0. The van der Waals surface area contributed by atoms with Gasteiger partial charge >= 0.3 is 0 Å². The lowest BCUT2D eigenvalue weighted by atomic mass is 9.57. The second-order valence-corrected chi connectivity index (χ2v) is 16.1. The van der Waals surface area contributed by atoms with Gasteiger partial charge < -0.3 is 0 Å². The topological polar surface area (TPSA) is 0 Å². The third-order valence-corrected chi connectivity index (χ3v) is 13.5. The Kier molecular flexibility index (Phi) is 12.5. The number of fused-ring (bicyclic) bond motifs is 1. The summed E-state index contributed by atoms with van der Waals surface area (Å²) in [5.74, 6) is 12.6. The number of hydrogen-bond acceptors (Lipinski definition) is 0. The van der Waals surface area contributed by atoms with Gasteiger partial charge in [0.2, 0.25) is 0 Å². The summed E-state index contributed by atoms with van der Waals surface area (Å²) in [4.78, 5) is 0. The van der Waals surface area contributed by atoms with E-state index < -0.39 is 0 Å². The molecule has 0 nitrogen and oxygen atoms in total. The molecule has 5 aliphatic rings. The van der Waals surface area contributed by atoms with Gasteiger partial charge in [0.05, 0.1) is 0 Å². The quantitative estimate of drug-likeness (QED) is 0.334. The van der Waals surface area contributed by atoms with E-state index in [0.29, 0.717) is 0 Å². The van der Waals surface area contributed by atoms with Crippen molar-refractivity contribution in [3.05, 3.63) is 0 Å². The minimum absolute atomic E-state index is 0.958. The molecule has 0 amide bonds. The van der Waals surface area contributed by atoms with Crippen LogP contribution >= 0.6 is 0 Å². The predicted molar refractivity (Wildman–Crippen MR) is 168 cm³/mol. The van der Waals surface area contributed by atoms with Gasteiger partial charge in [-0.25, -0.2) is 0 Å². The first kappa shape index (κ1) is 30.9. The molecular formula is C38H70. The highest BCUT2D eigenvalue weighted by atomic mass is 14.5. The summed E-state index contributed by atoms with van der Waals surface area (Å²) in [5, 5.41) is 0. The van der Waals surface area contributed by atoms with Crippen LogP contribution in [0, 0.1) is 71.0 Å². The first-order valence-corrected chi connectivity index (χ1v) is 18.4. The maximum absolute atomic E-state index is 2.62. The Labute approximate surface area is 240 Å². The maximum Gasteiger partial charge on any atom is -0.0324 e. The third-order valence-electron chi connectivity index (χ3n) is 13.5. The van der Waals surface area contributed by atoms with Crippen LogP contribution in [0.25, 0.3) is 0 Å². The highest BCUT2D eigenvalue weighted by Crippen LogP contribution is 2.55. The molecule has 9 unspecified atom stereocenters. The zero-order valence-corrected chi connectivity index (χ0v) is 27.1. The Morgan fingerprint density at radius 1 is 0.500 bits per heavy atom. The second kappa shape index (κ2) is 15.3. The van der Waals surface area contributed by atoms with Crippen molar-refractivity contribution < 1.29 is 0 Å². The molecule has 0 heteroatoms. The van der Waals surface area contributed by atoms with Crippen LogP contribution < -0.4 is 0 Å². The molecule has 0 aromatic rings. The van der Waals surface area contributed by atoms with Crippen LogP contribution in [0.3, 0.4) is 0 Å². The molecule has 0 aliphatic heterocycles. The highest BCUT2D eigenvalue weighted by molar-refractivity contribution is 4.96. The van der Waals surface area contributed by atoms with Gasteiger partial charge in [0.1, 0.15) is 0 Å². The minimum Gasteiger partial charge on any atom is -0.0654 e. The highest BCUT2D eigenvalue weighted by Gasteiger charge is 2.47. The van der Waals surface area contributed by atoms with Crippen LogP contribution in [0.2, 0.25) is 0 Å². The minimum atomic E-state index is 0.958. The van der Waals surface area contributed by atoms with E-state index >= 15 is 0 Å². The van der Waals surface area contributed by atoms with Crippen molar-refractivity contribution in [2.75, 3.05) is 0 Å². The average Bonchev–Trinajstić information content (AvgIpc) is 3.57. The van der Waals surface area contributed by atoms with Gasteiger partial charge in [-0.2, -0.15) is 0 Å². The lowest BCUT2D eigenvalue weighted by Gasteiger charge is -2.48. The summed E-state index contributed by atoms with van der Waals surface area (Å²) in [6, 6.07) is 0. The molecule has 0 bridgehead atoms. The van der Waals surface area contributed by atoms with Crippen LogP contribution in [0.15, 0.2) is 0 Å². The molecule has 0 heterocycles. The first-order valence-electron chi connectivity index (χ1n) is 18.4. The molecule has 0 aromatic carbocycles. The summed E-state index contributed by atoms with van der Waals surface area (Å²) >= 11 is 0. The van der Waals surface area contributed by atoms with Crippen molar-refractivity contribution in [1.82, 2.24) is 0 Å². The molecular weight excluding hydrogens is 456 g/mol. The summed E-state index contributed by atoms with van der Waals surface area (Å²) < 4.78 is 0. The van der Waals surface area contributed by atoms with Crippen molar-refractivity contribution in [1.29, 1.82) is 0 Å². The standard InChI is InChI=1S/C23H42.C15H28/c1-3-4-15-21-18(2)17-20-14-11-16-22(20)23(21)19-12-9-7-5-6-8-10-13-19;1-10-5-6-14(7-10)15-8-11(2)13(4)12(3)9-15/h18-23H,3-17H2,1-2H3;10-15H,5-9H2,1-4H3. The fourth-order valence-electron chi connectivity index (χ4n) is 11.0. The van der Waals surface area contributed by atoms with E-state index in [2.05, 4.69) is 41.5 Å². The molecule has 5 aliphatic carbocycles. The maximum atomic E-state index is 2.62. The van der Waals surface area contributed by atoms with Crippen LogP contribution in [0.4, 0.5) is 0 Å². The fraction of sp³-hybridized carbons (Fsp3) is 1.00. The van der Waals surface area contributed by atoms with E-state index in [0.717, 1.165) is 71.0 Å². The number of hydrogen-bond donors (Lipinski definition) is 0. The van der Waals surface area contributed by atoms with Crippen molar-refractivity contribution in [3.63, 3.8) is 0 Å². The summed E-state index contributed by atoms with van der Waals surface area (Å²) in [6.45, 7) is 14.9. The lowest BCUT2D eigenvalue weighted by Crippen LogP contribution is -2.41. The predicted octanol–water partition coefficient (Wildman–Crippen LogP) is 12.4. The lowest BCUT2D eigenvalue weighted by molar-refractivity contribution is 0.00764. The molecule has 0 radical (unpaired) electrons. The third kappa shape index (κ3) is 8.05. The Morgan fingerprint density at radius 3 is 1.71 bits per heavy atom. The van der Waals surface area contributed by atoms with E-state index in [1.54, 1.807) is 44.9 Å². The van der Waals surface area contributed by atoms with E-state index in [9.17, 15) is 0 Å². The molecule has 5 fully saturated rings. The van der Waals surface area contributed by atoms with Crippen molar-refractivity contribution in [3.8, 4) is 0 Å². The Balaban J connectivity index is 0.000000194. The average molecular weight is 527 g/mol. The second-order valence-electron chi connectivity index (χ2n) is 16.1.